The second kappa shape index (κ2) is 4.89. The minimum atomic E-state index is -1.20. The summed E-state index contributed by atoms with van der Waals surface area (Å²) in [5.74, 6) is -2.47. The third kappa shape index (κ3) is 2.59. The maximum absolute atomic E-state index is 13.5. The monoisotopic (exact) mass is 263 g/mol. The van der Waals surface area contributed by atoms with Crippen LogP contribution in [-0.2, 0) is 7.05 Å². The number of carbonyl (C=O) groups is 2. The van der Waals surface area contributed by atoms with Crippen molar-refractivity contribution in [3.05, 3.63) is 47.5 Å². The summed E-state index contributed by atoms with van der Waals surface area (Å²) >= 11 is 0. The van der Waals surface area contributed by atoms with E-state index in [4.69, 9.17) is 5.11 Å². The van der Waals surface area contributed by atoms with Gasteiger partial charge in [0.25, 0.3) is 5.91 Å². The molecule has 0 radical (unpaired) electrons. The first-order valence-corrected chi connectivity index (χ1v) is 5.31. The van der Waals surface area contributed by atoms with Crippen LogP contribution in [0.1, 0.15) is 20.8 Å². The Morgan fingerprint density at radius 3 is 2.68 bits per heavy atom. The van der Waals surface area contributed by atoms with Crippen molar-refractivity contribution in [3.8, 4) is 0 Å². The number of benzene rings is 1. The van der Waals surface area contributed by atoms with Crippen LogP contribution < -0.4 is 5.32 Å². The number of nitrogens with zero attached hydrogens (tertiary/aromatic N) is 2. The Morgan fingerprint density at radius 2 is 2.11 bits per heavy atom. The minimum absolute atomic E-state index is 0.110. The van der Waals surface area contributed by atoms with Gasteiger partial charge in [0.2, 0.25) is 0 Å². The van der Waals surface area contributed by atoms with Crippen LogP contribution in [0.3, 0.4) is 0 Å². The molecule has 0 aliphatic rings. The highest BCUT2D eigenvalue weighted by molar-refractivity contribution is 6.03. The van der Waals surface area contributed by atoms with Gasteiger partial charge in [-0.1, -0.05) is 0 Å². The molecule has 98 valence electrons. The fourth-order valence-corrected chi connectivity index (χ4v) is 1.54. The lowest BCUT2D eigenvalue weighted by atomic mass is 10.2. The van der Waals surface area contributed by atoms with Crippen LogP contribution in [0.2, 0.25) is 0 Å². The largest absolute Gasteiger partial charge is 0.478 e. The number of halogens is 1. The Kier molecular flexibility index (Phi) is 3.28. The van der Waals surface area contributed by atoms with Gasteiger partial charge in [-0.2, -0.15) is 5.10 Å². The van der Waals surface area contributed by atoms with E-state index in [2.05, 4.69) is 10.4 Å². The Labute approximate surface area is 107 Å². The van der Waals surface area contributed by atoms with Crippen molar-refractivity contribution in [2.45, 2.75) is 0 Å². The molecular weight excluding hydrogens is 253 g/mol. The molecule has 0 unspecified atom stereocenters. The van der Waals surface area contributed by atoms with Gasteiger partial charge >= 0.3 is 5.97 Å². The summed E-state index contributed by atoms with van der Waals surface area (Å²) < 4.78 is 14.8. The quantitative estimate of drug-likeness (QED) is 0.879. The number of anilines is 1. The number of amides is 1. The number of aryl methyl sites for hydroxylation is 1. The number of aromatic carboxylic acids is 1. The summed E-state index contributed by atoms with van der Waals surface area (Å²) in [5, 5.41) is 14.9. The van der Waals surface area contributed by atoms with Crippen LogP contribution in [0.15, 0.2) is 30.5 Å². The molecule has 0 bridgehead atoms. The molecule has 0 saturated heterocycles. The van der Waals surface area contributed by atoms with Gasteiger partial charge < -0.3 is 10.4 Å². The molecule has 2 N–H and O–H groups in total. The van der Waals surface area contributed by atoms with E-state index < -0.39 is 17.7 Å². The number of carbonyl (C=O) groups excluding carboxylic acids is 1. The van der Waals surface area contributed by atoms with Crippen molar-refractivity contribution in [1.29, 1.82) is 0 Å². The summed E-state index contributed by atoms with van der Waals surface area (Å²) in [6.07, 6.45) is 1.43. The zero-order chi connectivity index (χ0) is 14.0. The van der Waals surface area contributed by atoms with E-state index in [1.807, 2.05) is 0 Å². The fourth-order valence-electron chi connectivity index (χ4n) is 1.54. The molecule has 19 heavy (non-hydrogen) atoms. The number of rotatable bonds is 3. The number of carboxylic acid groups (broad SMARTS) is 1. The molecular formula is C12H10FN3O3. The third-order valence-corrected chi connectivity index (χ3v) is 2.52. The minimum Gasteiger partial charge on any atom is -0.478 e. The molecule has 0 atom stereocenters. The van der Waals surface area contributed by atoms with Crippen LogP contribution in [-0.4, -0.2) is 26.8 Å². The average Bonchev–Trinajstić information content (AvgIpc) is 2.78. The molecule has 1 heterocycles. The molecule has 0 fully saturated rings. The first kappa shape index (κ1) is 12.7. The average molecular weight is 263 g/mol. The van der Waals surface area contributed by atoms with Gasteiger partial charge in [0, 0.05) is 13.2 Å². The SMILES string of the molecule is Cn1nccc1C(=O)Nc1cc(C(=O)O)ccc1F. The van der Waals surface area contributed by atoms with Crippen molar-refractivity contribution in [3.63, 3.8) is 0 Å². The molecule has 2 aromatic rings. The van der Waals surface area contributed by atoms with Crippen molar-refractivity contribution < 1.29 is 19.1 Å². The maximum Gasteiger partial charge on any atom is 0.335 e. The first-order chi connectivity index (χ1) is 8.99. The van der Waals surface area contributed by atoms with E-state index in [0.29, 0.717) is 0 Å². The van der Waals surface area contributed by atoms with Crippen LogP contribution in [0.5, 0.6) is 0 Å². The molecule has 7 heteroatoms. The number of carboxylic acids is 1. The Balaban J connectivity index is 2.28. The van der Waals surface area contributed by atoms with E-state index in [1.165, 1.54) is 16.9 Å². The molecule has 2 rings (SSSR count). The summed E-state index contributed by atoms with van der Waals surface area (Å²) in [6, 6.07) is 4.64. The molecule has 1 aromatic carbocycles. The van der Waals surface area contributed by atoms with Crippen molar-refractivity contribution in [2.24, 2.45) is 7.05 Å². The molecule has 1 amide bonds. The second-order valence-electron chi connectivity index (χ2n) is 3.79. The fraction of sp³-hybridized carbons (Fsp3) is 0.0833. The first-order valence-electron chi connectivity index (χ1n) is 5.31. The number of aromatic nitrogens is 2. The Hall–Kier alpha value is -2.70. The zero-order valence-electron chi connectivity index (χ0n) is 9.92. The van der Waals surface area contributed by atoms with Crippen LogP contribution >= 0.6 is 0 Å². The number of hydrogen-bond acceptors (Lipinski definition) is 3. The number of nitrogens with one attached hydrogen (secondary N) is 1. The van der Waals surface area contributed by atoms with E-state index in [9.17, 15) is 14.0 Å². The predicted octanol–water partition coefficient (Wildman–Crippen LogP) is 1.51. The van der Waals surface area contributed by atoms with Crippen molar-refractivity contribution >= 4 is 17.6 Å². The predicted molar refractivity (Wildman–Crippen MR) is 64.5 cm³/mol. The van der Waals surface area contributed by atoms with Crippen molar-refractivity contribution in [1.82, 2.24) is 9.78 Å². The van der Waals surface area contributed by atoms with Crippen LogP contribution in [0.25, 0.3) is 0 Å². The molecule has 1 aromatic heterocycles. The highest BCUT2D eigenvalue weighted by Crippen LogP contribution is 2.17. The number of hydrogen-bond donors (Lipinski definition) is 2. The third-order valence-electron chi connectivity index (χ3n) is 2.52. The lowest BCUT2D eigenvalue weighted by Crippen LogP contribution is -2.17. The zero-order valence-corrected chi connectivity index (χ0v) is 9.92. The summed E-state index contributed by atoms with van der Waals surface area (Å²) in [7, 11) is 1.57. The summed E-state index contributed by atoms with van der Waals surface area (Å²) in [4.78, 5) is 22.6. The van der Waals surface area contributed by atoms with Crippen LogP contribution in [0.4, 0.5) is 10.1 Å². The molecule has 6 nitrogen and oxygen atoms in total. The lowest BCUT2D eigenvalue weighted by molar-refractivity contribution is 0.0696. The van der Waals surface area contributed by atoms with E-state index in [1.54, 1.807) is 7.05 Å². The highest BCUT2D eigenvalue weighted by Gasteiger charge is 2.14. The van der Waals surface area contributed by atoms with Gasteiger partial charge in [-0.3, -0.25) is 9.48 Å². The highest BCUT2D eigenvalue weighted by atomic mass is 19.1. The second-order valence-corrected chi connectivity index (χ2v) is 3.79. The van der Waals surface area contributed by atoms with Gasteiger partial charge in [0.1, 0.15) is 11.5 Å². The van der Waals surface area contributed by atoms with Crippen LogP contribution in [0, 0.1) is 5.82 Å². The Morgan fingerprint density at radius 1 is 1.37 bits per heavy atom. The van der Waals surface area contributed by atoms with E-state index >= 15 is 0 Å². The van der Waals surface area contributed by atoms with Crippen molar-refractivity contribution in [2.75, 3.05) is 5.32 Å². The van der Waals surface area contributed by atoms with Gasteiger partial charge in [-0.15, -0.1) is 0 Å². The molecule has 0 spiro atoms. The van der Waals surface area contributed by atoms with E-state index in [0.717, 1.165) is 18.2 Å². The summed E-state index contributed by atoms with van der Waals surface area (Å²) in [5.41, 5.74) is -0.0621. The Bertz CT molecular complexity index is 651. The van der Waals surface area contributed by atoms with Gasteiger partial charge in [0.15, 0.2) is 0 Å². The standard InChI is InChI=1S/C12H10FN3O3/c1-16-10(4-5-14-16)11(17)15-9-6-7(12(18)19)2-3-8(9)13/h2-6H,1H3,(H,15,17)(H,18,19). The van der Waals surface area contributed by atoms with Gasteiger partial charge in [0.05, 0.1) is 11.3 Å². The van der Waals surface area contributed by atoms with Gasteiger partial charge in [-0.05, 0) is 24.3 Å². The molecule has 0 aliphatic carbocycles. The van der Waals surface area contributed by atoms with E-state index in [-0.39, 0.29) is 16.9 Å². The summed E-state index contributed by atoms with van der Waals surface area (Å²) in [6.45, 7) is 0. The lowest BCUT2D eigenvalue weighted by Gasteiger charge is -2.07. The smallest absolute Gasteiger partial charge is 0.335 e. The van der Waals surface area contributed by atoms with Gasteiger partial charge in [-0.25, -0.2) is 9.18 Å². The normalized spacial score (nSPS) is 10.2. The molecule has 0 aliphatic heterocycles. The molecule has 0 saturated carbocycles. The topological polar surface area (TPSA) is 84.2 Å². The maximum atomic E-state index is 13.5.